The van der Waals surface area contributed by atoms with Crippen molar-refractivity contribution >= 4 is 11.8 Å². The standard InChI is InChI=1S/C17H23N5O/c1-12-11-15(21-17(18)20-12)22-10-5-3-4-8-14(22)13-7-6-9-19-16(13)23-2/h6-7,9,11,14H,3-5,8,10H2,1-2H3,(H2,18,20,21)/t14-/m1/s1. The molecule has 6 nitrogen and oxygen atoms in total. The van der Waals surface area contributed by atoms with E-state index in [0.29, 0.717) is 11.8 Å². The summed E-state index contributed by atoms with van der Waals surface area (Å²) in [6.45, 7) is 2.89. The van der Waals surface area contributed by atoms with E-state index in [0.717, 1.165) is 36.5 Å². The third-order valence-electron chi connectivity index (χ3n) is 4.26. The second-order valence-electron chi connectivity index (χ2n) is 5.89. The lowest BCUT2D eigenvalue weighted by Crippen LogP contribution is -2.30. The van der Waals surface area contributed by atoms with Crippen LogP contribution in [-0.2, 0) is 0 Å². The Morgan fingerprint density at radius 3 is 2.91 bits per heavy atom. The first-order valence-corrected chi connectivity index (χ1v) is 8.05. The molecule has 0 aliphatic carbocycles. The number of rotatable bonds is 3. The van der Waals surface area contributed by atoms with Gasteiger partial charge in [0.1, 0.15) is 5.82 Å². The summed E-state index contributed by atoms with van der Waals surface area (Å²) < 4.78 is 5.48. The van der Waals surface area contributed by atoms with Crippen molar-refractivity contribution in [1.82, 2.24) is 15.0 Å². The quantitative estimate of drug-likeness (QED) is 0.939. The van der Waals surface area contributed by atoms with E-state index < -0.39 is 0 Å². The molecule has 0 saturated carbocycles. The topological polar surface area (TPSA) is 77.2 Å². The monoisotopic (exact) mass is 313 g/mol. The summed E-state index contributed by atoms with van der Waals surface area (Å²) in [5.41, 5.74) is 7.85. The summed E-state index contributed by atoms with van der Waals surface area (Å²) in [6, 6.07) is 6.24. The van der Waals surface area contributed by atoms with Gasteiger partial charge < -0.3 is 15.4 Å². The van der Waals surface area contributed by atoms with Gasteiger partial charge in [0.15, 0.2) is 0 Å². The predicted molar refractivity (Wildman–Crippen MR) is 90.5 cm³/mol. The lowest BCUT2D eigenvalue weighted by Gasteiger charge is -2.32. The Morgan fingerprint density at radius 1 is 1.26 bits per heavy atom. The molecule has 23 heavy (non-hydrogen) atoms. The molecule has 6 heteroatoms. The van der Waals surface area contributed by atoms with E-state index in [1.54, 1.807) is 13.3 Å². The Bertz CT molecular complexity index is 656. The van der Waals surface area contributed by atoms with E-state index in [1.807, 2.05) is 19.1 Å². The van der Waals surface area contributed by atoms with Gasteiger partial charge in [-0.15, -0.1) is 0 Å². The van der Waals surface area contributed by atoms with Crippen LogP contribution in [0.25, 0.3) is 0 Å². The molecule has 0 unspecified atom stereocenters. The summed E-state index contributed by atoms with van der Waals surface area (Å²) in [7, 11) is 1.67. The lowest BCUT2D eigenvalue weighted by atomic mass is 10.0. The fourth-order valence-electron chi connectivity index (χ4n) is 3.25. The van der Waals surface area contributed by atoms with Crippen LogP contribution in [-0.4, -0.2) is 28.6 Å². The third kappa shape index (κ3) is 3.36. The normalized spacial score (nSPS) is 18.5. The minimum Gasteiger partial charge on any atom is -0.481 e. The molecule has 2 N–H and O–H groups in total. The van der Waals surface area contributed by atoms with Gasteiger partial charge in [-0.2, -0.15) is 4.98 Å². The Morgan fingerprint density at radius 2 is 2.13 bits per heavy atom. The zero-order valence-electron chi connectivity index (χ0n) is 13.7. The van der Waals surface area contributed by atoms with Crippen LogP contribution in [0.4, 0.5) is 11.8 Å². The minimum atomic E-state index is 0.190. The summed E-state index contributed by atoms with van der Waals surface area (Å²) >= 11 is 0. The molecule has 2 aromatic rings. The van der Waals surface area contributed by atoms with Crippen LogP contribution in [0.2, 0.25) is 0 Å². The van der Waals surface area contributed by atoms with E-state index in [4.69, 9.17) is 10.5 Å². The lowest BCUT2D eigenvalue weighted by molar-refractivity contribution is 0.385. The molecule has 1 saturated heterocycles. The molecule has 1 fully saturated rings. The van der Waals surface area contributed by atoms with Crippen LogP contribution in [0, 0.1) is 6.92 Å². The number of aromatic nitrogens is 3. The predicted octanol–water partition coefficient (Wildman–Crippen LogP) is 2.89. The molecule has 122 valence electrons. The van der Waals surface area contributed by atoms with Crippen LogP contribution in [0.3, 0.4) is 0 Å². The number of pyridine rings is 1. The molecule has 0 spiro atoms. The Hall–Kier alpha value is -2.37. The smallest absolute Gasteiger partial charge is 0.222 e. The number of hydrogen-bond donors (Lipinski definition) is 1. The Labute approximate surface area is 136 Å². The molecule has 0 amide bonds. The molecule has 1 aliphatic rings. The van der Waals surface area contributed by atoms with Gasteiger partial charge in [0.05, 0.1) is 13.2 Å². The molecule has 3 heterocycles. The largest absolute Gasteiger partial charge is 0.481 e. The Balaban J connectivity index is 2.03. The van der Waals surface area contributed by atoms with Crippen molar-refractivity contribution in [1.29, 1.82) is 0 Å². The number of nitrogens with zero attached hydrogens (tertiary/aromatic N) is 4. The van der Waals surface area contributed by atoms with Gasteiger partial charge in [-0.3, -0.25) is 0 Å². The van der Waals surface area contributed by atoms with Crippen molar-refractivity contribution < 1.29 is 4.74 Å². The Kier molecular flexibility index (Phi) is 4.60. The molecule has 0 radical (unpaired) electrons. The third-order valence-corrected chi connectivity index (χ3v) is 4.26. The summed E-state index contributed by atoms with van der Waals surface area (Å²) in [4.78, 5) is 15.3. The van der Waals surface area contributed by atoms with E-state index in [9.17, 15) is 0 Å². The molecule has 0 bridgehead atoms. The minimum absolute atomic E-state index is 0.190. The maximum Gasteiger partial charge on any atom is 0.222 e. The highest BCUT2D eigenvalue weighted by atomic mass is 16.5. The van der Waals surface area contributed by atoms with E-state index in [-0.39, 0.29) is 6.04 Å². The van der Waals surface area contributed by atoms with Crippen molar-refractivity contribution in [2.45, 2.75) is 38.6 Å². The van der Waals surface area contributed by atoms with Gasteiger partial charge in [0.2, 0.25) is 11.8 Å². The molecule has 2 aromatic heterocycles. The molecule has 3 rings (SSSR count). The van der Waals surface area contributed by atoms with Gasteiger partial charge in [-0.1, -0.05) is 18.9 Å². The maximum absolute atomic E-state index is 5.86. The first-order chi connectivity index (χ1) is 11.2. The first kappa shape index (κ1) is 15.5. The first-order valence-electron chi connectivity index (χ1n) is 8.05. The van der Waals surface area contributed by atoms with Crippen LogP contribution < -0.4 is 15.4 Å². The van der Waals surface area contributed by atoms with Crippen molar-refractivity contribution in [2.75, 3.05) is 24.3 Å². The summed E-state index contributed by atoms with van der Waals surface area (Å²) in [5, 5.41) is 0. The number of nitrogen functional groups attached to an aromatic ring is 1. The van der Waals surface area contributed by atoms with Crippen LogP contribution >= 0.6 is 0 Å². The fourth-order valence-corrected chi connectivity index (χ4v) is 3.25. The number of methoxy groups -OCH3 is 1. The highest BCUT2D eigenvalue weighted by Gasteiger charge is 2.27. The number of ether oxygens (including phenoxy) is 1. The van der Waals surface area contributed by atoms with Crippen LogP contribution in [0.15, 0.2) is 24.4 Å². The fraction of sp³-hybridized carbons (Fsp3) is 0.471. The highest BCUT2D eigenvalue weighted by molar-refractivity contribution is 5.47. The SMILES string of the molecule is COc1ncccc1[C@H]1CCCCCN1c1cc(C)nc(N)n1. The average Bonchev–Trinajstić information content (AvgIpc) is 2.79. The number of nitrogens with two attached hydrogens (primary N) is 1. The van der Waals surface area contributed by atoms with Gasteiger partial charge in [-0.25, -0.2) is 9.97 Å². The molecule has 1 atom stereocenters. The summed E-state index contributed by atoms with van der Waals surface area (Å²) in [6.07, 6.45) is 6.34. The zero-order valence-corrected chi connectivity index (χ0v) is 13.7. The highest BCUT2D eigenvalue weighted by Crippen LogP contribution is 2.36. The van der Waals surface area contributed by atoms with E-state index in [1.165, 1.54) is 12.8 Å². The van der Waals surface area contributed by atoms with Crippen LogP contribution in [0.1, 0.15) is 43.0 Å². The number of anilines is 2. The van der Waals surface area contributed by atoms with E-state index in [2.05, 4.69) is 25.9 Å². The molecular weight excluding hydrogens is 290 g/mol. The zero-order chi connectivity index (χ0) is 16.2. The van der Waals surface area contributed by atoms with Gasteiger partial charge in [0, 0.05) is 30.1 Å². The van der Waals surface area contributed by atoms with Crippen molar-refractivity contribution in [2.24, 2.45) is 0 Å². The number of aryl methyl sites for hydroxylation is 1. The van der Waals surface area contributed by atoms with Crippen LogP contribution in [0.5, 0.6) is 5.88 Å². The van der Waals surface area contributed by atoms with E-state index >= 15 is 0 Å². The van der Waals surface area contributed by atoms with Gasteiger partial charge in [0.25, 0.3) is 0 Å². The second kappa shape index (κ2) is 6.81. The second-order valence-corrected chi connectivity index (χ2v) is 5.89. The van der Waals surface area contributed by atoms with Gasteiger partial charge >= 0.3 is 0 Å². The molecular formula is C17H23N5O. The average molecular weight is 313 g/mol. The molecule has 0 aromatic carbocycles. The summed E-state index contributed by atoms with van der Waals surface area (Å²) in [5.74, 6) is 1.89. The maximum atomic E-state index is 5.86. The van der Waals surface area contributed by atoms with Crippen molar-refractivity contribution in [3.8, 4) is 5.88 Å². The number of hydrogen-bond acceptors (Lipinski definition) is 6. The van der Waals surface area contributed by atoms with Crippen molar-refractivity contribution in [3.63, 3.8) is 0 Å². The van der Waals surface area contributed by atoms with Gasteiger partial charge in [-0.05, 0) is 25.8 Å². The molecule has 1 aliphatic heterocycles. The van der Waals surface area contributed by atoms with Crippen molar-refractivity contribution in [3.05, 3.63) is 35.7 Å².